The Morgan fingerprint density at radius 2 is 2.12 bits per heavy atom. The van der Waals surface area contributed by atoms with Gasteiger partial charge in [-0.05, 0) is 36.7 Å². The minimum atomic E-state index is -0.0165. The highest BCUT2D eigenvalue weighted by Gasteiger charge is 2.15. The molecule has 0 radical (unpaired) electrons. The summed E-state index contributed by atoms with van der Waals surface area (Å²) in [6.07, 6.45) is 9.64. The van der Waals surface area contributed by atoms with Crippen molar-refractivity contribution in [3.63, 3.8) is 0 Å². The summed E-state index contributed by atoms with van der Waals surface area (Å²) in [5.41, 5.74) is 0.786. The standard InChI is InChI=1S/C19H26N2O2S/c1-2-13-23-17-10-6-9-16(14-17)20-19(24)21-18(22)12-11-15-7-4-3-5-8-15/h2,6,9-10,14-15H,1,3-5,7-8,11-13H2,(H2,20,21,22,24). The first-order valence-corrected chi connectivity index (χ1v) is 9.03. The minimum absolute atomic E-state index is 0.0165. The highest BCUT2D eigenvalue weighted by molar-refractivity contribution is 7.80. The van der Waals surface area contributed by atoms with Gasteiger partial charge < -0.3 is 15.4 Å². The Kier molecular flexibility index (Phi) is 7.75. The second-order valence-corrected chi connectivity index (χ2v) is 6.58. The first kappa shape index (κ1) is 18.5. The van der Waals surface area contributed by atoms with Crippen LogP contribution in [0.15, 0.2) is 36.9 Å². The summed E-state index contributed by atoms with van der Waals surface area (Å²) < 4.78 is 5.48. The normalized spacial score (nSPS) is 14.7. The van der Waals surface area contributed by atoms with Crippen molar-refractivity contribution in [2.45, 2.75) is 44.9 Å². The molecule has 0 atom stereocenters. The fraction of sp³-hybridized carbons (Fsp3) is 0.474. The van der Waals surface area contributed by atoms with E-state index < -0.39 is 0 Å². The van der Waals surface area contributed by atoms with Gasteiger partial charge in [0.25, 0.3) is 0 Å². The maximum Gasteiger partial charge on any atom is 0.226 e. The number of carbonyl (C=O) groups excluding carboxylic acids is 1. The molecule has 0 bridgehead atoms. The predicted molar refractivity (Wildman–Crippen MR) is 102 cm³/mol. The topological polar surface area (TPSA) is 50.4 Å². The Hall–Kier alpha value is -1.88. The van der Waals surface area contributed by atoms with E-state index in [4.69, 9.17) is 17.0 Å². The molecule has 2 N–H and O–H groups in total. The highest BCUT2D eigenvalue weighted by atomic mass is 32.1. The van der Waals surface area contributed by atoms with Crippen LogP contribution in [0.3, 0.4) is 0 Å². The Morgan fingerprint density at radius 3 is 2.88 bits per heavy atom. The van der Waals surface area contributed by atoms with Crippen molar-refractivity contribution in [2.24, 2.45) is 5.92 Å². The molecular weight excluding hydrogens is 320 g/mol. The zero-order chi connectivity index (χ0) is 17.2. The third-order valence-corrected chi connectivity index (χ3v) is 4.42. The molecular formula is C19H26N2O2S. The maximum absolute atomic E-state index is 12.0. The van der Waals surface area contributed by atoms with E-state index in [2.05, 4.69) is 17.2 Å². The monoisotopic (exact) mass is 346 g/mol. The summed E-state index contributed by atoms with van der Waals surface area (Å²) in [4.78, 5) is 12.0. The molecule has 1 aliphatic rings. The average Bonchev–Trinajstić information content (AvgIpc) is 2.59. The third kappa shape index (κ3) is 6.71. The fourth-order valence-corrected chi connectivity index (χ4v) is 3.21. The van der Waals surface area contributed by atoms with Crippen molar-refractivity contribution in [1.29, 1.82) is 0 Å². The van der Waals surface area contributed by atoms with E-state index in [0.29, 0.717) is 24.1 Å². The van der Waals surface area contributed by atoms with Gasteiger partial charge in [-0.25, -0.2) is 0 Å². The van der Waals surface area contributed by atoms with E-state index in [1.165, 1.54) is 32.1 Å². The lowest BCUT2D eigenvalue weighted by molar-refractivity contribution is -0.120. The Bertz CT molecular complexity index is 568. The molecule has 1 saturated carbocycles. The Labute approximate surface area is 149 Å². The average molecular weight is 346 g/mol. The summed E-state index contributed by atoms with van der Waals surface area (Å²) in [5, 5.41) is 6.10. The molecule has 0 aliphatic heterocycles. The third-order valence-electron chi connectivity index (χ3n) is 4.22. The number of ether oxygens (including phenoxy) is 1. The number of benzene rings is 1. The lowest BCUT2D eigenvalue weighted by Crippen LogP contribution is -2.34. The number of rotatable bonds is 7. The van der Waals surface area contributed by atoms with Gasteiger partial charge in [-0.3, -0.25) is 4.79 Å². The van der Waals surface area contributed by atoms with Gasteiger partial charge in [0, 0.05) is 18.2 Å². The number of hydrogen-bond donors (Lipinski definition) is 2. The zero-order valence-electron chi connectivity index (χ0n) is 14.1. The minimum Gasteiger partial charge on any atom is -0.489 e. The Balaban J connectivity index is 1.73. The molecule has 0 spiro atoms. The van der Waals surface area contributed by atoms with Gasteiger partial charge in [-0.15, -0.1) is 0 Å². The van der Waals surface area contributed by atoms with E-state index in [9.17, 15) is 4.79 Å². The number of carbonyl (C=O) groups is 1. The number of amides is 1. The van der Waals surface area contributed by atoms with Gasteiger partial charge >= 0.3 is 0 Å². The van der Waals surface area contributed by atoms with Crippen LogP contribution in [0.25, 0.3) is 0 Å². The van der Waals surface area contributed by atoms with Crippen LogP contribution in [0.4, 0.5) is 5.69 Å². The molecule has 4 nitrogen and oxygen atoms in total. The number of hydrogen-bond acceptors (Lipinski definition) is 3. The summed E-state index contributed by atoms with van der Waals surface area (Å²) in [7, 11) is 0. The molecule has 5 heteroatoms. The molecule has 0 heterocycles. The molecule has 24 heavy (non-hydrogen) atoms. The molecule has 0 aromatic heterocycles. The van der Waals surface area contributed by atoms with Gasteiger partial charge in [0.15, 0.2) is 5.11 Å². The number of thiocarbonyl (C=S) groups is 1. The summed E-state index contributed by atoms with van der Waals surface area (Å²) in [6.45, 7) is 4.07. The molecule has 1 aromatic rings. The lowest BCUT2D eigenvalue weighted by atomic mass is 9.86. The second-order valence-electron chi connectivity index (χ2n) is 6.17. The van der Waals surface area contributed by atoms with Crippen molar-refractivity contribution in [1.82, 2.24) is 5.32 Å². The first-order valence-electron chi connectivity index (χ1n) is 8.62. The van der Waals surface area contributed by atoms with E-state index in [-0.39, 0.29) is 5.91 Å². The van der Waals surface area contributed by atoms with Gasteiger partial charge in [-0.2, -0.15) is 0 Å². The highest BCUT2D eigenvalue weighted by Crippen LogP contribution is 2.27. The molecule has 1 amide bonds. The molecule has 1 aliphatic carbocycles. The van der Waals surface area contributed by atoms with Crippen LogP contribution in [-0.4, -0.2) is 17.6 Å². The second kappa shape index (κ2) is 10.1. The van der Waals surface area contributed by atoms with Crippen LogP contribution >= 0.6 is 12.2 Å². The lowest BCUT2D eigenvalue weighted by Gasteiger charge is -2.21. The zero-order valence-corrected chi connectivity index (χ0v) is 14.9. The molecule has 1 fully saturated rings. The van der Waals surface area contributed by atoms with Crippen molar-refractivity contribution < 1.29 is 9.53 Å². The van der Waals surface area contributed by atoms with E-state index in [1.54, 1.807) is 6.08 Å². The maximum atomic E-state index is 12.0. The molecule has 2 rings (SSSR count). The van der Waals surface area contributed by atoms with Gasteiger partial charge in [0.2, 0.25) is 5.91 Å². The molecule has 1 aromatic carbocycles. The van der Waals surface area contributed by atoms with Crippen molar-refractivity contribution in [3.8, 4) is 5.75 Å². The Morgan fingerprint density at radius 1 is 1.33 bits per heavy atom. The largest absolute Gasteiger partial charge is 0.489 e. The fourth-order valence-electron chi connectivity index (χ4n) is 2.98. The van der Waals surface area contributed by atoms with Crippen molar-refractivity contribution in [2.75, 3.05) is 11.9 Å². The van der Waals surface area contributed by atoms with E-state index in [0.717, 1.165) is 17.9 Å². The van der Waals surface area contributed by atoms with Crippen molar-refractivity contribution >= 4 is 28.9 Å². The summed E-state index contributed by atoms with van der Waals surface area (Å²) in [6, 6.07) is 7.44. The van der Waals surface area contributed by atoms with Crippen LogP contribution in [0, 0.1) is 5.92 Å². The van der Waals surface area contributed by atoms with Gasteiger partial charge in [-0.1, -0.05) is 50.8 Å². The van der Waals surface area contributed by atoms with Crippen molar-refractivity contribution in [3.05, 3.63) is 36.9 Å². The van der Waals surface area contributed by atoms with Crippen LogP contribution < -0.4 is 15.4 Å². The van der Waals surface area contributed by atoms with Crippen LogP contribution in [0.5, 0.6) is 5.75 Å². The number of anilines is 1. The van der Waals surface area contributed by atoms with Crippen LogP contribution in [-0.2, 0) is 4.79 Å². The molecule has 130 valence electrons. The van der Waals surface area contributed by atoms with Gasteiger partial charge in [0.1, 0.15) is 12.4 Å². The first-order chi connectivity index (χ1) is 11.7. The van der Waals surface area contributed by atoms with E-state index in [1.807, 2.05) is 24.3 Å². The van der Waals surface area contributed by atoms with Gasteiger partial charge in [0.05, 0.1) is 0 Å². The van der Waals surface area contributed by atoms with E-state index >= 15 is 0 Å². The summed E-state index contributed by atoms with van der Waals surface area (Å²) in [5.74, 6) is 1.41. The molecule has 0 saturated heterocycles. The number of nitrogens with one attached hydrogen (secondary N) is 2. The smallest absolute Gasteiger partial charge is 0.226 e. The SMILES string of the molecule is C=CCOc1cccc(NC(=S)NC(=O)CCC2CCCCC2)c1. The molecule has 0 unspecified atom stereocenters. The predicted octanol–water partition coefficient (Wildman–Crippen LogP) is 4.42. The van der Waals surface area contributed by atoms with Crippen LogP contribution in [0.1, 0.15) is 44.9 Å². The van der Waals surface area contributed by atoms with Crippen LogP contribution in [0.2, 0.25) is 0 Å². The summed E-state index contributed by atoms with van der Waals surface area (Å²) >= 11 is 5.21. The quantitative estimate of drug-likeness (QED) is 0.567.